The van der Waals surface area contributed by atoms with Gasteiger partial charge in [-0.25, -0.2) is 4.98 Å². The van der Waals surface area contributed by atoms with Crippen molar-refractivity contribution in [3.8, 4) is 0 Å². The summed E-state index contributed by atoms with van der Waals surface area (Å²) in [6, 6.07) is 4.04. The summed E-state index contributed by atoms with van der Waals surface area (Å²) in [6.45, 7) is 4.04. The zero-order valence-corrected chi connectivity index (χ0v) is 13.3. The van der Waals surface area contributed by atoms with E-state index in [4.69, 9.17) is 4.74 Å². The predicted octanol–water partition coefficient (Wildman–Crippen LogP) is 1.76. The zero-order valence-electron chi connectivity index (χ0n) is 13.3. The van der Waals surface area contributed by atoms with Crippen LogP contribution >= 0.6 is 0 Å². The molecule has 2 aromatic heterocycles. The molecule has 3 rings (SSSR count). The lowest BCUT2D eigenvalue weighted by molar-refractivity contribution is 0.0777. The first-order valence-electron chi connectivity index (χ1n) is 7.54. The molecule has 0 aromatic carbocycles. The monoisotopic (exact) mass is 302 g/mol. The quantitative estimate of drug-likeness (QED) is 0.865. The van der Waals surface area contributed by atoms with Crippen LogP contribution in [-0.2, 0) is 18.4 Å². The molecule has 0 bridgehead atoms. The molecule has 0 spiro atoms. The van der Waals surface area contributed by atoms with Crippen LogP contribution in [0.1, 0.15) is 34.5 Å². The third-order valence-corrected chi connectivity index (χ3v) is 4.31. The highest BCUT2D eigenvalue weighted by Crippen LogP contribution is 2.26. The second kappa shape index (κ2) is 5.96. The standard InChI is InChI=1S/C16H22N4O2/c1-12-9-17-15(11-22-3)20(12)13-6-8-19(10-13)16(21)14-5-4-7-18(14)2/h4-5,7,9,13H,6,8,10-11H2,1-3H3. The van der Waals surface area contributed by atoms with E-state index in [0.717, 1.165) is 36.7 Å². The maximum Gasteiger partial charge on any atom is 0.270 e. The number of carbonyl (C=O) groups excluding carboxylic acids is 1. The molecular weight excluding hydrogens is 280 g/mol. The molecule has 118 valence electrons. The Morgan fingerprint density at radius 3 is 3.00 bits per heavy atom. The first-order valence-corrected chi connectivity index (χ1v) is 7.54. The van der Waals surface area contributed by atoms with Gasteiger partial charge in [-0.3, -0.25) is 4.79 Å². The Balaban J connectivity index is 1.77. The van der Waals surface area contributed by atoms with Crippen LogP contribution < -0.4 is 0 Å². The van der Waals surface area contributed by atoms with Crippen LogP contribution in [0, 0.1) is 6.92 Å². The van der Waals surface area contributed by atoms with E-state index in [9.17, 15) is 4.79 Å². The van der Waals surface area contributed by atoms with E-state index in [1.807, 2.05) is 48.0 Å². The van der Waals surface area contributed by atoms with E-state index in [1.165, 1.54) is 0 Å². The number of ether oxygens (including phenoxy) is 1. The number of imidazole rings is 1. The maximum absolute atomic E-state index is 12.6. The molecule has 1 atom stereocenters. The molecule has 2 aromatic rings. The fourth-order valence-corrected chi connectivity index (χ4v) is 3.21. The summed E-state index contributed by atoms with van der Waals surface area (Å²) in [5.74, 6) is 1.03. The van der Waals surface area contributed by atoms with Crippen molar-refractivity contribution in [2.45, 2.75) is 26.0 Å². The van der Waals surface area contributed by atoms with Crippen LogP contribution in [0.4, 0.5) is 0 Å². The lowest BCUT2D eigenvalue weighted by Crippen LogP contribution is -2.30. The number of methoxy groups -OCH3 is 1. The van der Waals surface area contributed by atoms with Crippen molar-refractivity contribution >= 4 is 5.91 Å². The van der Waals surface area contributed by atoms with Crippen molar-refractivity contribution in [3.05, 3.63) is 41.7 Å². The van der Waals surface area contributed by atoms with Gasteiger partial charge in [-0.15, -0.1) is 0 Å². The van der Waals surface area contributed by atoms with E-state index < -0.39 is 0 Å². The largest absolute Gasteiger partial charge is 0.377 e. The van der Waals surface area contributed by atoms with E-state index >= 15 is 0 Å². The topological polar surface area (TPSA) is 52.3 Å². The van der Waals surface area contributed by atoms with Crippen molar-refractivity contribution in [2.75, 3.05) is 20.2 Å². The van der Waals surface area contributed by atoms with Crippen LogP contribution in [-0.4, -0.2) is 45.1 Å². The molecular formula is C16H22N4O2. The number of likely N-dealkylation sites (tertiary alicyclic amines) is 1. The molecule has 0 N–H and O–H groups in total. The molecule has 1 fully saturated rings. The number of carbonyl (C=O) groups is 1. The van der Waals surface area contributed by atoms with Crippen molar-refractivity contribution < 1.29 is 9.53 Å². The molecule has 0 radical (unpaired) electrons. The smallest absolute Gasteiger partial charge is 0.270 e. The molecule has 1 amide bonds. The Morgan fingerprint density at radius 1 is 1.50 bits per heavy atom. The molecule has 1 saturated heterocycles. The number of amides is 1. The Labute approximate surface area is 130 Å². The predicted molar refractivity (Wildman–Crippen MR) is 82.6 cm³/mol. The summed E-state index contributed by atoms with van der Waals surface area (Å²) in [7, 11) is 3.58. The number of nitrogens with zero attached hydrogens (tertiary/aromatic N) is 4. The van der Waals surface area contributed by atoms with Crippen molar-refractivity contribution in [1.29, 1.82) is 0 Å². The average Bonchev–Trinajstić information content (AvgIpc) is 3.19. The summed E-state index contributed by atoms with van der Waals surface area (Å²) in [5, 5.41) is 0. The molecule has 22 heavy (non-hydrogen) atoms. The number of hydrogen-bond donors (Lipinski definition) is 0. The van der Waals surface area contributed by atoms with Gasteiger partial charge in [-0.05, 0) is 25.5 Å². The van der Waals surface area contributed by atoms with Crippen LogP contribution in [0.25, 0.3) is 0 Å². The Hall–Kier alpha value is -2.08. The average molecular weight is 302 g/mol. The summed E-state index contributed by atoms with van der Waals surface area (Å²) in [4.78, 5) is 18.9. The van der Waals surface area contributed by atoms with Crippen LogP contribution in [0.15, 0.2) is 24.5 Å². The summed E-state index contributed by atoms with van der Waals surface area (Å²) < 4.78 is 9.30. The zero-order chi connectivity index (χ0) is 15.7. The van der Waals surface area contributed by atoms with Crippen LogP contribution in [0.2, 0.25) is 0 Å². The second-order valence-corrected chi connectivity index (χ2v) is 5.82. The van der Waals surface area contributed by atoms with Gasteiger partial charge in [0.1, 0.15) is 18.1 Å². The highest BCUT2D eigenvalue weighted by atomic mass is 16.5. The summed E-state index contributed by atoms with van der Waals surface area (Å²) in [6.07, 6.45) is 4.72. The molecule has 1 unspecified atom stereocenters. The highest BCUT2D eigenvalue weighted by molar-refractivity contribution is 5.92. The number of hydrogen-bond acceptors (Lipinski definition) is 3. The van der Waals surface area contributed by atoms with Gasteiger partial charge in [-0.1, -0.05) is 0 Å². The second-order valence-electron chi connectivity index (χ2n) is 5.82. The van der Waals surface area contributed by atoms with Gasteiger partial charge < -0.3 is 18.8 Å². The normalized spacial score (nSPS) is 18.1. The molecule has 0 aliphatic carbocycles. The van der Waals surface area contributed by atoms with E-state index in [1.54, 1.807) is 7.11 Å². The SMILES string of the molecule is COCc1ncc(C)n1C1CCN(C(=O)c2cccn2C)C1. The number of aromatic nitrogens is 3. The van der Waals surface area contributed by atoms with Gasteiger partial charge in [0, 0.05) is 45.3 Å². The molecule has 6 nitrogen and oxygen atoms in total. The van der Waals surface area contributed by atoms with Gasteiger partial charge in [0.15, 0.2) is 0 Å². The van der Waals surface area contributed by atoms with Crippen LogP contribution in [0.3, 0.4) is 0 Å². The van der Waals surface area contributed by atoms with Crippen molar-refractivity contribution in [3.63, 3.8) is 0 Å². The van der Waals surface area contributed by atoms with E-state index in [2.05, 4.69) is 9.55 Å². The fraction of sp³-hybridized carbons (Fsp3) is 0.500. The minimum Gasteiger partial charge on any atom is -0.377 e. The molecule has 1 aliphatic heterocycles. The molecule has 0 saturated carbocycles. The molecule has 1 aliphatic rings. The minimum atomic E-state index is 0.0982. The van der Waals surface area contributed by atoms with Gasteiger partial charge in [0.05, 0.1) is 6.04 Å². The Bertz CT molecular complexity index is 673. The Morgan fingerprint density at radius 2 is 2.32 bits per heavy atom. The van der Waals surface area contributed by atoms with Crippen molar-refractivity contribution in [1.82, 2.24) is 19.0 Å². The number of aryl methyl sites for hydroxylation is 2. The summed E-state index contributed by atoms with van der Waals surface area (Å²) in [5.41, 5.74) is 1.85. The van der Waals surface area contributed by atoms with E-state index in [-0.39, 0.29) is 11.9 Å². The fourth-order valence-electron chi connectivity index (χ4n) is 3.21. The number of rotatable bonds is 4. The maximum atomic E-state index is 12.6. The van der Waals surface area contributed by atoms with Crippen molar-refractivity contribution in [2.24, 2.45) is 7.05 Å². The van der Waals surface area contributed by atoms with Gasteiger partial charge >= 0.3 is 0 Å². The lowest BCUT2D eigenvalue weighted by atomic mass is 10.2. The first kappa shape index (κ1) is 14.8. The van der Waals surface area contributed by atoms with Gasteiger partial charge in [0.25, 0.3) is 5.91 Å². The van der Waals surface area contributed by atoms with E-state index in [0.29, 0.717) is 6.61 Å². The highest BCUT2D eigenvalue weighted by Gasteiger charge is 2.30. The molecule has 6 heteroatoms. The van der Waals surface area contributed by atoms with Gasteiger partial charge in [0.2, 0.25) is 0 Å². The first-order chi connectivity index (χ1) is 10.6. The lowest BCUT2D eigenvalue weighted by Gasteiger charge is -2.19. The third kappa shape index (κ3) is 2.54. The minimum absolute atomic E-state index is 0.0982. The van der Waals surface area contributed by atoms with Crippen LogP contribution in [0.5, 0.6) is 0 Å². The molecule has 3 heterocycles. The third-order valence-electron chi connectivity index (χ3n) is 4.31. The Kier molecular flexibility index (Phi) is 4.02. The van der Waals surface area contributed by atoms with Gasteiger partial charge in [-0.2, -0.15) is 0 Å². The summed E-state index contributed by atoms with van der Waals surface area (Å²) >= 11 is 0.